The molecule has 0 saturated carbocycles. The molecule has 0 unspecified atom stereocenters. The van der Waals surface area contributed by atoms with Crippen LogP contribution in [0.15, 0.2) is 12.7 Å². The Hall–Kier alpha value is -2.25. The van der Waals surface area contributed by atoms with E-state index < -0.39 is 0 Å². The van der Waals surface area contributed by atoms with E-state index >= 15 is 0 Å². The average molecular weight is 221 g/mol. The zero-order valence-electron chi connectivity index (χ0n) is 8.90. The highest BCUT2D eigenvalue weighted by Gasteiger charge is 2.08. The number of nitrogens with zero attached hydrogens (tertiary/aromatic N) is 6. The molecule has 0 atom stereocenters. The summed E-state index contributed by atoms with van der Waals surface area (Å²) < 4.78 is 6.71. The summed E-state index contributed by atoms with van der Waals surface area (Å²) in [5.74, 6) is 0.358. The highest BCUT2D eigenvalue weighted by Crippen LogP contribution is 2.09. The van der Waals surface area contributed by atoms with Crippen LogP contribution in [-0.4, -0.2) is 35.8 Å². The molecule has 2 aromatic rings. The van der Waals surface area contributed by atoms with Gasteiger partial charge in [0.05, 0.1) is 6.10 Å². The van der Waals surface area contributed by atoms with Gasteiger partial charge in [-0.2, -0.15) is 24.7 Å². The smallest absolute Gasteiger partial charge is 0.323 e. The molecule has 0 spiro atoms. The van der Waals surface area contributed by atoms with Crippen molar-refractivity contribution in [3.05, 3.63) is 12.7 Å². The lowest BCUT2D eigenvalue weighted by Crippen LogP contribution is -2.13. The third-order valence-corrected chi connectivity index (χ3v) is 1.59. The van der Waals surface area contributed by atoms with Gasteiger partial charge in [-0.15, -0.1) is 0 Å². The van der Waals surface area contributed by atoms with Gasteiger partial charge in [-0.3, -0.25) is 0 Å². The van der Waals surface area contributed by atoms with Gasteiger partial charge >= 0.3 is 6.01 Å². The number of ether oxygens (including phenoxy) is 1. The van der Waals surface area contributed by atoms with E-state index in [0.29, 0.717) is 0 Å². The highest BCUT2D eigenvalue weighted by atomic mass is 16.5. The quantitative estimate of drug-likeness (QED) is 0.766. The largest absolute Gasteiger partial charge is 0.461 e. The first-order valence-electron chi connectivity index (χ1n) is 4.68. The normalized spacial score (nSPS) is 10.7. The van der Waals surface area contributed by atoms with Crippen LogP contribution in [0.1, 0.15) is 13.8 Å². The number of hydrogen-bond acceptors (Lipinski definition) is 7. The first-order chi connectivity index (χ1) is 7.65. The Kier molecular flexibility index (Phi) is 2.63. The monoisotopic (exact) mass is 221 g/mol. The Morgan fingerprint density at radius 1 is 1.31 bits per heavy atom. The summed E-state index contributed by atoms with van der Waals surface area (Å²) in [5, 5.41) is 3.89. The van der Waals surface area contributed by atoms with E-state index in [0.717, 1.165) is 0 Å². The van der Waals surface area contributed by atoms with Crippen molar-refractivity contribution in [1.29, 1.82) is 0 Å². The van der Waals surface area contributed by atoms with Crippen molar-refractivity contribution < 1.29 is 4.74 Å². The van der Waals surface area contributed by atoms with E-state index in [1.807, 2.05) is 13.8 Å². The molecule has 2 N–H and O–H groups in total. The van der Waals surface area contributed by atoms with Crippen LogP contribution in [0.2, 0.25) is 0 Å². The lowest BCUT2D eigenvalue weighted by molar-refractivity contribution is 0.221. The van der Waals surface area contributed by atoms with Crippen molar-refractivity contribution in [1.82, 2.24) is 29.7 Å². The number of anilines is 1. The molecule has 84 valence electrons. The minimum Gasteiger partial charge on any atom is -0.461 e. The van der Waals surface area contributed by atoms with Crippen LogP contribution in [0.25, 0.3) is 5.95 Å². The number of nitrogen functional groups attached to an aromatic ring is 1. The predicted molar refractivity (Wildman–Crippen MR) is 54.9 cm³/mol. The zero-order valence-corrected chi connectivity index (χ0v) is 8.90. The molecule has 0 aliphatic heterocycles. The Balaban J connectivity index is 2.36. The van der Waals surface area contributed by atoms with Crippen LogP contribution in [0.4, 0.5) is 5.95 Å². The zero-order chi connectivity index (χ0) is 11.5. The average Bonchev–Trinajstić information content (AvgIpc) is 2.67. The van der Waals surface area contributed by atoms with Crippen LogP contribution in [0.3, 0.4) is 0 Å². The summed E-state index contributed by atoms with van der Waals surface area (Å²) in [5.41, 5.74) is 5.54. The van der Waals surface area contributed by atoms with Crippen LogP contribution in [0.5, 0.6) is 6.01 Å². The Morgan fingerprint density at radius 3 is 2.75 bits per heavy atom. The fourth-order valence-corrected chi connectivity index (χ4v) is 1.04. The molecule has 16 heavy (non-hydrogen) atoms. The van der Waals surface area contributed by atoms with Crippen LogP contribution in [-0.2, 0) is 0 Å². The molecule has 8 nitrogen and oxygen atoms in total. The second-order valence-electron chi connectivity index (χ2n) is 3.28. The second kappa shape index (κ2) is 4.09. The molecule has 0 fully saturated rings. The van der Waals surface area contributed by atoms with Crippen molar-refractivity contribution in [2.75, 3.05) is 5.73 Å². The van der Waals surface area contributed by atoms with Gasteiger partial charge in [0.2, 0.25) is 5.95 Å². The Bertz CT molecular complexity index is 467. The predicted octanol–water partition coefficient (Wildman–Crippen LogP) is -0.178. The fourth-order valence-electron chi connectivity index (χ4n) is 1.04. The molecule has 0 aliphatic rings. The van der Waals surface area contributed by atoms with E-state index in [4.69, 9.17) is 10.5 Å². The summed E-state index contributed by atoms with van der Waals surface area (Å²) in [6, 6.07) is 0.174. The van der Waals surface area contributed by atoms with Crippen LogP contribution >= 0.6 is 0 Å². The minimum atomic E-state index is -0.0367. The number of aromatic nitrogens is 6. The lowest BCUT2D eigenvalue weighted by atomic mass is 10.5. The molecule has 0 bridgehead atoms. The highest BCUT2D eigenvalue weighted by molar-refractivity contribution is 5.23. The third kappa shape index (κ3) is 2.22. The van der Waals surface area contributed by atoms with Gasteiger partial charge in [0.1, 0.15) is 12.7 Å². The van der Waals surface area contributed by atoms with Crippen LogP contribution < -0.4 is 10.5 Å². The van der Waals surface area contributed by atoms with Gasteiger partial charge in [-0.1, -0.05) is 0 Å². The fraction of sp³-hybridized carbons (Fsp3) is 0.375. The standard InChI is InChI=1S/C8H11N7O/c1-5(2)16-8-13-6(9)12-7(14-8)15-4-10-3-11-15/h3-5H,1-2H3,(H2,9,12,13,14). The molecular formula is C8H11N7O. The summed E-state index contributed by atoms with van der Waals surface area (Å²) in [4.78, 5) is 15.6. The molecule has 0 radical (unpaired) electrons. The Labute approximate surface area is 91.5 Å². The second-order valence-corrected chi connectivity index (χ2v) is 3.28. The van der Waals surface area contributed by atoms with Crippen molar-refractivity contribution in [3.63, 3.8) is 0 Å². The lowest BCUT2D eigenvalue weighted by Gasteiger charge is -2.08. The van der Waals surface area contributed by atoms with Crippen molar-refractivity contribution in [3.8, 4) is 12.0 Å². The molecule has 8 heteroatoms. The summed E-state index contributed by atoms with van der Waals surface area (Å²) in [7, 11) is 0. The molecule has 0 saturated heterocycles. The topological polar surface area (TPSA) is 105 Å². The first-order valence-corrected chi connectivity index (χ1v) is 4.68. The molecule has 0 aliphatic carbocycles. The molecular weight excluding hydrogens is 210 g/mol. The van der Waals surface area contributed by atoms with E-state index in [9.17, 15) is 0 Å². The third-order valence-electron chi connectivity index (χ3n) is 1.59. The maximum atomic E-state index is 5.54. The van der Waals surface area contributed by atoms with Crippen molar-refractivity contribution in [2.45, 2.75) is 20.0 Å². The maximum absolute atomic E-state index is 5.54. The Morgan fingerprint density at radius 2 is 2.12 bits per heavy atom. The van der Waals surface area contributed by atoms with Gasteiger partial charge < -0.3 is 10.5 Å². The molecule has 2 rings (SSSR count). The molecule has 0 aromatic carbocycles. The minimum absolute atomic E-state index is 0.0367. The van der Waals surface area contributed by atoms with E-state index in [2.05, 4.69) is 25.0 Å². The van der Waals surface area contributed by atoms with Gasteiger partial charge in [0.15, 0.2) is 0 Å². The summed E-state index contributed by atoms with van der Waals surface area (Å²) in [6.07, 6.45) is 2.81. The van der Waals surface area contributed by atoms with Gasteiger partial charge in [0, 0.05) is 0 Å². The van der Waals surface area contributed by atoms with Gasteiger partial charge in [-0.05, 0) is 13.8 Å². The van der Waals surface area contributed by atoms with E-state index in [1.165, 1.54) is 17.3 Å². The molecule has 2 aromatic heterocycles. The number of rotatable bonds is 3. The number of nitrogens with two attached hydrogens (primary N) is 1. The molecule has 2 heterocycles. The van der Waals surface area contributed by atoms with Crippen molar-refractivity contribution >= 4 is 5.95 Å². The van der Waals surface area contributed by atoms with Crippen LogP contribution in [0, 0.1) is 0 Å². The molecule has 0 amide bonds. The van der Waals surface area contributed by atoms with Crippen molar-refractivity contribution in [2.24, 2.45) is 0 Å². The summed E-state index contributed by atoms with van der Waals surface area (Å²) in [6.45, 7) is 3.74. The van der Waals surface area contributed by atoms with Gasteiger partial charge in [-0.25, -0.2) is 4.98 Å². The first kappa shape index (κ1) is 10.3. The maximum Gasteiger partial charge on any atom is 0.323 e. The van der Waals surface area contributed by atoms with E-state index in [-0.39, 0.29) is 24.0 Å². The number of hydrogen-bond donors (Lipinski definition) is 1. The van der Waals surface area contributed by atoms with Gasteiger partial charge in [0.25, 0.3) is 5.95 Å². The van der Waals surface area contributed by atoms with E-state index in [1.54, 1.807) is 0 Å². The SMILES string of the molecule is CC(C)Oc1nc(N)nc(-n2cncn2)n1. The summed E-state index contributed by atoms with van der Waals surface area (Å²) >= 11 is 0.